The van der Waals surface area contributed by atoms with Crippen molar-refractivity contribution in [1.29, 1.82) is 0 Å². The summed E-state index contributed by atoms with van der Waals surface area (Å²) in [5, 5.41) is 0. The number of hydrogen-bond donors (Lipinski definition) is 2. The summed E-state index contributed by atoms with van der Waals surface area (Å²) in [4.78, 5) is 0. The van der Waals surface area contributed by atoms with E-state index in [0.29, 0.717) is 6.61 Å². The smallest absolute Gasteiger partial charge is 0.123 e. The molecule has 2 aromatic rings. The van der Waals surface area contributed by atoms with E-state index in [2.05, 4.69) is 17.6 Å². The molecule has 1 aliphatic rings. The summed E-state index contributed by atoms with van der Waals surface area (Å²) in [6, 6.07) is 12.7. The van der Waals surface area contributed by atoms with Gasteiger partial charge in [-0.15, -0.1) is 0 Å². The lowest BCUT2D eigenvalue weighted by molar-refractivity contribution is 0.0145. The van der Waals surface area contributed by atoms with Crippen LogP contribution in [0.5, 0.6) is 0 Å². The molecule has 0 saturated heterocycles. The van der Waals surface area contributed by atoms with Crippen LogP contribution in [0.4, 0.5) is 4.39 Å². The van der Waals surface area contributed by atoms with Gasteiger partial charge in [0.15, 0.2) is 0 Å². The van der Waals surface area contributed by atoms with E-state index in [-0.39, 0.29) is 18.0 Å². The van der Waals surface area contributed by atoms with E-state index in [1.807, 2.05) is 19.1 Å². The summed E-state index contributed by atoms with van der Waals surface area (Å²) < 4.78 is 19.5. The predicted octanol–water partition coefficient (Wildman–Crippen LogP) is 2.95. The van der Waals surface area contributed by atoms with Gasteiger partial charge >= 0.3 is 0 Å². The molecule has 3 nitrogen and oxygen atoms in total. The first kappa shape index (κ1) is 14.2. The lowest BCUT2D eigenvalue weighted by Gasteiger charge is -2.33. The van der Waals surface area contributed by atoms with Crippen LogP contribution in [0.15, 0.2) is 42.5 Å². The monoisotopic (exact) mass is 286 g/mol. The van der Waals surface area contributed by atoms with Crippen molar-refractivity contribution >= 4 is 0 Å². The Bertz CT molecular complexity index is 644. The minimum Gasteiger partial charge on any atom is -0.371 e. The molecule has 2 atom stereocenters. The Morgan fingerprint density at radius 1 is 1.29 bits per heavy atom. The molecule has 110 valence electrons. The maximum absolute atomic E-state index is 13.6. The highest BCUT2D eigenvalue weighted by Crippen LogP contribution is 2.37. The molecule has 3 N–H and O–H groups in total. The fraction of sp³-hybridized carbons (Fsp3) is 0.294. The molecule has 4 heteroatoms. The first-order chi connectivity index (χ1) is 10.2. The number of fused-ring (bicyclic) bond motifs is 1. The highest BCUT2D eigenvalue weighted by atomic mass is 19.1. The zero-order valence-corrected chi connectivity index (χ0v) is 12.0. The summed E-state index contributed by atoms with van der Waals surface area (Å²) in [6.45, 7) is 2.60. The number of rotatable bonds is 3. The fourth-order valence-electron chi connectivity index (χ4n) is 2.99. The number of hydrogen-bond acceptors (Lipinski definition) is 3. The van der Waals surface area contributed by atoms with E-state index in [9.17, 15) is 4.39 Å². The topological polar surface area (TPSA) is 47.3 Å². The molecule has 3 rings (SSSR count). The minimum absolute atomic E-state index is 0.208. The molecule has 0 amide bonds. The Morgan fingerprint density at radius 2 is 2.10 bits per heavy atom. The van der Waals surface area contributed by atoms with Crippen LogP contribution < -0.4 is 11.3 Å². The Labute approximate surface area is 123 Å². The molecule has 2 unspecified atom stereocenters. The van der Waals surface area contributed by atoms with Gasteiger partial charge in [-0.25, -0.2) is 9.82 Å². The molecular formula is C17H19FN2O. The van der Waals surface area contributed by atoms with E-state index in [1.54, 1.807) is 6.07 Å². The predicted molar refractivity (Wildman–Crippen MR) is 80.0 cm³/mol. The zero-order chi connectivity index (χ0) is 14.8. The van der Waals surface area contributed by atoms with Crippen molar-refractivity contribution in [3.8, 4) is 0 Å². The van der Waals surface area contributed by atoms with Crippen LogP contribution in [0.1, 0.15) is 34.4 Å². The van der Waals surface area contributed by atoms with Gasteiger partial charge in [0.1, 0.15) is 11.9 Å². The fourth-order valence-corrected chi connectivity index (χ4v) is 2.99. The lowest BCUT2D eigenvalue weighted by atomic mass is 9.88. The number of hydrazine groups is 1. The second-order valence-electron chi connectivity index (χ2n) is 5.39. The highest BCUT2D eigenvalue weighted by Gasteiger charge is 2.30. The number of benzene rings is 2. The second-order valence-corrected chi connectivity index (χ2v) is 5.39. The first-order valence-corrected chi connectivity index (χ1v) is 7.12. The van der Waals surface area contributed by atoms with Crippen LogP contribution in [0.25, 0.3) is 0 Å². The molecule has 0 fully saturated rings. The summed E-state index contributed by atoms with van der Waals surface area (Å²) in [5.74, 6) is 5.50. The summed E-state index contributed by atoms with van der Waals surface area (Å²) in [5.41, 5.74) is 7.02. The average molecular weight is 286 g/mol. The summed E-state index contributed by atoms with van der Waals surface area (Å²) in [7, 11) is 0. The van der Waals surface area contributed by atoms with Crippen molar-refractivity contribution in [3.05, 3.63) is 70.5 Å². The molecule has 0 spiro atoms. The van der Waals surface area contributed by atoms with E-state index < -0.39 is 0 Å². The van der Waals surface area contributed by atoms with Gasteiger partial charge in [-0.05, 0) is 47.7 Å². The number of halogens is 1. The average Bonchev–Trinajstić information content (AvgIpc) is 2.51. The molecule has 21 heavy (non-hydrogen) atoms. The van der Waals surface area contributed by atoms with Crippen molar-refractivity contribution in [2.24, 2.45) is 5.84 Å². The number of nitrogens with one attached hydrogen (secondary N) is 1. The van der Waals surface area contributed by atoms with Crippen molar-refractivity contribution in [2.75, 3.05) is 6.61 Å². The third-order valence-electron chi connectivity index (χ3n) is 4.09. The number of aryl methyl sites for hydroxylation is 1. The van der Waals surface area contributed by atoms with Crippen LogP contribution in [0.3, 0.4) is 0 Å². The number of nitrogens with two attached hydrogens (primary N) is 1. The largest absolute Gasteiger partial charge is 0.371 e. The Hall–Kier alpha value is -1.75. The Morgan fingerprint density at radius 3 is 2.90 bits per heavy atom. The van der Waals surface area contributed by atoms with Gasteiger partial charge in [0.25, 0.3) is 0 Å². The Balaban J connectivity index is 2.03. The Kier molecular flexibility index (Phi) is 4.01. The van der Waals surface area contributed by atoms with Crippen molar-refractivity contribution in [1.82, 2.24) is 5.43 Å². The van der Waals surface area contributed by atoms with Crippen molar-refractivity contribution < 1.29 is 9.13 Å². The van der Waals surface area contributed by atoms with Gasteiger partial charge in [-0.3, -0.25) is 5.84 Å². The van der Waals surface area contributed by atoms with Gasteiger partial charge in [0, 0.05) is 0 Å². The lowest BCUT2D eigenvalue weighted by Crippen LogP contribution is -2.36. The molecule has 0 saturated carbocycles. The first-order valence-electron chi connectivity index (χ1n) is 7.12. The van der Waals surface area contributed by atoms with E-state index in [0.717, 1.165) is 23.1 Å². The second kappa shape index (κ2) is 5.93. The van der Waals surface area contributed by atoms with Gasteiger partial charge < -0.3 is 4.74 Å². The molecular weight excluding hydrogens is 267 g/mol. The third-order valence-corrected chi connectivity index (χ3v) is 4.09. The van der Waals surface area contributed by atoms with E-state index in [1.165, 1.54) is 17.7 Å². The number of ether oxygens (including phenoxy) is 1. The highest BCUT2D eigenvalue weighted by molar-refractivity contribution is 5.37. The molecule has 0 bridgehead atoms. The maximum Gasteiger partial charge on any atom is 0.123 e. The minimum atomic E-state index is -0.276. The van der Waals surface area contributed by atoms with Crippen LogP contribution in [0.2, 0.25) is 0 Å². The molecule has 0 aromatic heterocycles. The van der Waals surface area contributed by atoms with E-state index in [4.69, 9.17) is 10.6 Å². The SMILES string of the molecule is Cc1ccc(F)cc1C(NN)C1OCCc2ccccc21. The normalized spacial score (nSPS) is 19.1. The summed E-state index contributed by atoms with van der Waals surface area (Å²) in [6.07, 6.45) is 0.687. The quantitative estimate of drug-likeness (QED) is 0.673. The van der Waals surface area contributed by atoms with Crippen LogP contribution in [0, 0.1) is 12.7 Å². The van der Waals surface area contributed by atoms with Crippen LogP contribution in [-0.4, -0.2) is 6.61 Å². The summed E-state index contributed by atoms with van der Waals surface area (Å²) >= 11 is 0. The van der Waals surface area contributed by atoms with Gasteiger partial charge in [0.05, 0.1) is 12.6 Å². The van der Waals surface area contributed by atoms with Gasteiger partial charge in [-0.2, -0.15) is 0 Å². The van der Waals surface area contributed by atoms with Crippen molar-refractivity contribution in [3.63, 3.8) is 0 Å². The molecule has 2 aromatic carbocycles. The maximum atomic E-state index is 13.6. The van der Waals surface area contributed by atoms with E-state index >= 15 is 0 Å². The standard InChI is InChI=1S/C17H19FN2O/c1-11-6-7-13(18)10-15(11)16(20-19)17-14-5-3-2-4-12(14)8-9-21-17/h2-7,10,16-17,20H,8-9,19H2,1H3. The molecule has 1 heterocycles. The van der Waals surface area contributed by atoms with Crippen molar-refractivity contribution in [2.45, 2.75) is 25.5 Å². The molecule has 0 radical (unpaired) electrons. The van der Waals surface area contributed by atoms with Crippen LogP contribution in [-0.2, 0) is 11.2 Å². The van der Waals surface area contributed by atoms with Crippen LogP contribution >= 0.6 is 0 Å². The molecule has 1 aliphatic heterocycles. The molecule has 0 aliphatic carbocycles. The van der Waals surface area contributed by atoms with Gasteiger partial charge in [0.2, 0.25) is 0 Å². The third kappa shape index (κ3) is 2.70. The zero-order valence-electron chi connectivity index (χ0n) is 12.0. The van der Waals surface area contributed by atoms with Gasteiger partial charge in [-0.1, -0.05) is 30.3 Å².